The number of oxime groups is 1. The normalized spacial score (nSPS) is 29.4. The molecule has 7 rings (SSSR count). The predicted molar refractivity (Wildman–Crippen MR) is 136 cm³/mol. The summed E-state index contributed by atoms with van der Waals surface area (Å²) in [5.74, 6) is 0.0162. The minimum Gasteiger partial charge on any atom is -0.411 e. The van der Waals surface area contributed by atoms with Crippen LogP contribution >= 0.6 is 0 Å². The largest absolute Gasteiger partial charge is 0.411 e. The van der Waals surface area contributed by atoms with Gasteiger partial charge in [0.2, 0.25) is 0 Å². The van der Waals surface area contributed by atoms with E-state index in [1.54, 1.807) is 0 Å². The van der Waals surface area contributed by atoms with Gasteiger partial charge in [-0.3, -0.25) is 4.79 Å². The second kappa shape index (κ2) is 7.51. The second-order valence-corrected chi connectivity index (χ2v) is 10.1. The molecule has 3 aliphatic rings. The Balaban J connectivity index is 1.57. The zero-order chi connectivity index (χ0) is 23.6. The molecule has 0 unspecified atom stereocenters. The van der Waals surface area contributed by atoms with Crippen LogP contribution in [0.5, 0.6) is 0 Å². The number of ketones is 1. The molecule has 4 aromatic rings. The highest BCUT2D eigenvalue weighted by Crippen LogP contribution is 2.72. The molecule has 170 valence electrons. The number of carbonyl (C=O) groups excluding carboxylic acids is 1. The van der Waals surface area contributed by atoms with Gasteiger partial charge in [-0.1, -0.05) is 114 Å². The SMILES string of the molecule is O=C1c2ccccc2C[C@]12[C@H](c1ccccc1)[C@@H]1c3ccccc3/C(=N\O)[C@@H]1[C@@H]2c1ccccc1. The quantitative estimate of drug-likeness (QED) is 0.274. The molecule has 0 saturated heterocycles. The Kier molecular flexibility index (Phi) is 4.38. The monoisotopic (exact) mass is 455 g/mol. The van der Waals surface area contributed by atoms with Crippen molar-refractivity contribution in [3.63, 3.8) is 0 Å². The van der Waals surface area contributed by atoms with E-state index >= 15 is 0 Å². The molecule has 0 heterocycles. The maximum Gasteiger partial charge on any atom is 0.170 e. The summed E-state index contributed by atoms with van der Waals surface area (Å²) in [6.07, 6.45) is 0.689. The first-order chi connectivity index (χ1) is 17.3. The molecule has 3 aliphatic carbocycles. The number of Topliss-reactive ketones (excluding diaryl/α,β-unsaturated/α-hetero) is 1. The Labute approximate surface area is 204 Å². The molecule has 0 radical (unpaired) electrons. The van der Waals surface area contributed by atoms with Crippen molar-refractivity contribution in [3.05, 3.63) is 143 Å². The average Bonchev–Trinajstić information content (AvgIpc) is 3.50. The van der Waals surface area contributed by atoms with Crippen molar-refractivity contribution >= 4 is 11.5 Å². The third-order valence-electron chi connectivity index (χ3n) is 8.72. The summed E-state index contributed by atoms with van der Waals surface area (Å²) in [6.45, 7) is 0. The minimum absolute atomic E-state index is 0.0424. The van der Waals surface area contributed by atoms with E-state index in [0.29, 0.717) is 12.1 Å². The van der Waals surface area contributed by atoms with Crippen molar-refractivity contribution in [3.8, 4) is 0 Å². The summed E-state index contributed by atoms with van der Waals surface area (Å²) in [6, 6.07) is 37.3. The van der Waals surface area contributed by atoms with Gasteiger partial charge in [-0.15, -0.1) is 0 Å². The van der Waals surface area contributed by atoms with E-state index in [-0.39, 0.29) is 29.5 Å². The van der Waals surface area contributed by atoms with Gasteiger partial charge in [0.05, 0.1) is 11.1 Å². The molecular weight excluding hydrogens is 430 g/mol. The van der Waals surface area contributed by atoms with E-state index in [1.165, 1.54) is 11.1 Å². The van der Waals surface area contributed by atoms with Crippen molar-refractivity contribution in [2.24, 2.45) is 16.5 Å². The summed E-state index contributed by atoms with van der Waals surface area (Å²) in [4.78, 5) is 14.6. The van der Waals surface area contributed by atoms with Crippen LogP contribution in [0.1, 0.15) is 55.9 Å². The van der Waals surface area contributed by atoms with Crippen molar-refractivity contribution < 1.29 is 10.0 Å². The summed E-state index contributed by atoms with van der Waals surface area (Å²) in [5, 5.41) is 14.3. The topological polar surface area (TPSA) is 49.7 Å². The lowest BCUT2D eigenvalue weighted by Gasteiger charge is -2.38. The first kappa shape index (κ1) is 20.4. The number of benzene rings is 4. The second-order valence-electron chi connectivity index (χ2n) is 10.1. The fourth-order valence-corrected chi connectivity index (χ4v) is 7.65. The third-order valence-corrected chi connectivity index (χ3v) is 8.72. The highest BCUT2D eigenvalue weighted by atomic mass is 16.4. The standard InChI is InChI=1S/C32H25NO2/c34-31-23-16-8-7-15-22(23)19-32(31)28(20-11-3-1-4-12-20)26-24-17-9-10-18-25(24)30(33-35)27(26)29(32)21-13-5-2-6-14-21/h1-18,26-29,35H,19H2/b33-30+/t26-,27+,28-,29+,32-/m1/s1. The van der Waals surface area contributed by atoms with Gasteiger partial charge in [0.25, 0.3) is 0 Å². The number of hydrogen-bond donors (Lipinski definition) is 1. The van der Waals surface area contributed by atoms with Crippen LogP contribution in [-0.2, 0) is 6.42 Å². The molecule has 35 heavy (non-hydrogen) atoms. The first-order valence-corrected chi connectivity index (χ1v) is 12.3. The van der Waals surface area contributed by atoms with Crippen LogP contribution in [0.4, 0.5) is 0 Å². The Bertz CT molecular complexity index is 1480. The smallest absolute Gasteiger partial charge is 0.170 e. The minimum atomic E-state index is -0.662. The number of fused-ring (bicyclic) bond motifs is 4. The van der Waals surface area contributed by atoms with E-state index < -0.39 is 5.41 Å². The highest BCUT2D eigenvalue weighted by Gasteiger charge is 2.69. The van der Waals surface area contributed by atoms with Crippen LogP contribution in [0.15, 0.2) is 114 Å². The van der Waals surface area contributed by atoms with Gasteiger partial charge in [-0.25, -0.2) is 0 Å². The van der Waals surface area contributed by atoms with Crippen molar-refractivity contribution in [1.29, 1.82) is 0 Å². The molecule has 1 saturated carbocycles. The molecule has 3 nitrogen and oxygen atoms in total. The van der Waals surface area contributed by atoms with Crippen LogP contribution < -0.4 is 0 Å². The van der Waals surface area contributed by atoms with E-state index in [4.69, 9.17) is 0 Å². The number of rotatable bonds is 2. The highest BCUT2D eigenvalue weighted by molar-refractivity contribution is 6.12. The van der Waals surface area contributed by atoms with E-state index in [0.717, 1.165) is 22.3 Å². The van der Waals surface area contributed by atoms with Crippen LogP contribution in [0.2, 0.25) is 0 Å². The molecule has 5 atom stereocenters. The predicted octanol–water partition coefficient (Wildman–Crippen LogP) is 6.58. The molecule has 0 bridgehead atoms. The van der Waals surface area contributed by atoms with Gasteiger partial charge in [0, 0.05) is 34.8 Å². The van der Waals surface area contributed by atoms with Gasteiger partial charge in [0.1, 0.15) is 0 Å². The van der Waals surface area contributed by atoms with Crippen LogP contribution in [0.3, 0.4) is 0 Å². The third kappa shape index (κ3) is 2.61. The maximum atomic E-state index is 14.6. The molecule has 1 N–H and O–H groups in total. The van der Waals surface area contributed by atoms with Crippen LogP contribution in [0.25, 0.3) is 0 Å². The Morgan fingerprint density at radius 3 is 1.83 bits per heavy atom. The van der Waals surface area contributed by atoms with Crippen molar-refractivity contribution in [2.45, 2.75) is 24.2 Å². The van der Waals surface area contributed by atoms with Crippen molar-refractivity contribution in [2.75, 3.05) is 0 Å². The van der Waals surface area contributed by atoms with Crippen LogP contribution in [0, 0.1) is 11.3 Å². The zero-order valence-electron chi connectivity index (χ0n) is 19.2. The lowest BCUT2D eigenvalue weighted by Crippen LogP contribution is -2.38. The van der Waals surface area contributed by atoms with E-state index in [1.807, 2.05) is 36.4 Å². The Morgan fingerprint density at radius 1 is 0.657 bits per heavy atom. The zero-order valence-corrected chi connectivity index (χ0v) is 19.2. The lowest BCUT2D eigenvalue weighted by molar-refractivity contribution is 0.0764. The summed E-state index contributed by atoms with van der Waals surface area (Å²) < 4.78 is 0. The van der Waals surface area contributed by atoms with Gasteiger partial charge >= 0.3 is 0 Å². The van der Waals surface area contributed by atoms with E-state index in [2.05, 4.69) is 78.0 Å². The summed E-state index contributed by atoms with van der Waals surface area (Å²) >= 11 is 0. The van der Waals surface area contributed by atoms with Gasteiger partial charge in [0.15, 0.2) is 5.78 Å². The van der Waals surface area contributed by atoms with E-state index in [9.17, 15) is 10.0 Å². The molecule has 0 amide bonds. The lowest BCUT2D eigenvalue weighted by atomic mass is 9.62. The fraction of sp³-hybridized carbons (Fsp3) is 0.188. The summed E-state index contributed by atoms with van der Waals surface area (Å²) in [7, 11) is 0. The molecule has 0 aromatic heterocycles. The maximum absolute atomic E-state index is 14.6. The van der Waals surface area contributed by atoms with Gasteiger partial charge in [-0.05, 0) is 28.7 Å². The molecule has 1 fully saturated rings. The fourth-order valence-electron chi connectivity index (χ4n) is 7.65. The Hall–Kier alpha value is -3.98. The molecule has 3 heteroatoms. The Morgan fingerprint density at radius 2 is 1.20 bits per heavy atom. The number of hydrogen-bond acceptors (Lipinski definition) is 3. The summed E-state index contributed by atoms with van der Waals surface area (Å²) in [5.41, 5.74) is 6.50. The number of carbonyl (C=O) groups is 1. The molecule has 0 aliphatic heterocycles. The first-order valence-electron chi connectivity index (χ1n) is 12.3. The van der Waals surface area contributed by atoms with Gasteiger partial charge < -0.3 is 5.21 Å². The average molecular weight is 456 g/mol. The van der Waals surface area contributed by atoms with Gasteiger partial charge in [-0.2, -0.15) is 0 Å². The number of nitrogens with zero attached hydrogens (tertiary/aromatic N) is 1. The van der Waals surface area contributed by atoms with Crippen molar-refractivity contribution in [1.82, 2.24) is 0 Å². The molecular formula is C32H25NO2. The van der Waals surface area contributed by atoms with Crippen LogP contribution in [-0.4, -0.2) is 16.7 Å². The molecule has 1 spiro atoms. The molecule has 4 aromatic carbocycles.